The zero-order valence-electron chi connectivity index (χ0n) is 10.5. The number of amides is 1. The van der Waals surface area contributed by atoms with Crippen LogP contribution < -0.4 is 0 Å². The molecule has 0 saturated carbocycles. The third kappa shape index (κ3) is 3.05. The maximum absolute atomic E-state index is 11.6. The Kier molecular flexibility index (Phi) is 3.55. The zero-order chi connectivity index (χ0) is 13.2. The Morgan fingerprint density at radius 2 is 2.06 bits per heavy atom. The van der Waals surface area contributed by atoms with Gasteiger partial charge in [-0.2, -0.15) is 5.10 Å². The van der Waals surface area contributed by atoms with Crippen molar-refractivity contribution >= 4 is 11.9 Å². The zero-order valence-corrected chi connectivity index (χ0v) is 10.5. The van der Waals surface area contributed by atoms with Crippen molar-refractivity contribution in [3.8, 4) is 0 Å². The summed E-state index contributed by atoms with van der Waals surface area (Å²) in [6.07, 6.45) is 1.61. The Morgan fingerprint density at radius 1 is 1.47 bits per heavy atom. The molecule has 94 valence electrons. The molecule has 0 radical (unpaired) electrons. The van der Waals surface area contributed by atoms with Crippen LogP contribution in [0.3, 0.4) is 0 Å². The quantitative estimate of drug-likeness (QED) is 0.839. The first kappa shape index (κ1) is 13.2. The summed E-state index contributed by atoms with van der Waals surface area (Å²) in [4.78, 5) is 24.0. The topological polar surface area (TPSA) is 75.4 Å². The number of carbonyl (C=O) groups excluding carboxylic acids is 1. The molecule has 0 spiro atoms. The second-order valence-corrected chi connectivity index (χ2v) is 4.79. The van der Waals surface area contributed by atoms with Gasteiger partial charge in [-0.3, -0.25) is 14.3 Å². The van der Waals surface area contributed by atoms with Crippen molar-refractivity contribution in [3.05, 3.63) is 18.0 Å². The molecule has 0 aromatic carbocycles. The summed E-state index contributed by atoms with van der Waals surface area (Å²) < 4.78 is 1.48. The SMILES string of the molecule is CN(C)C(=O)c1ccn(CC(C)(C)C(=O)O)n1. The van der Waals surface area contributed by atoms with Crippen LogP contribution in [0.4, 0.5) is 0 Å². The predicted molar refractivity (Wildman–Crippen MR) is 61.7 cm³/mol. The van der Waals surface area contributed by atoms with E-state index in [2.05, 4.69) is 5.10 Å². The fraction of sp³-hybridized carbons (Fsp3) is 0.545. The standard InChI is InChI=1S/C11H17N3O3/c1-11(2,10(16)17)7-14-6-5-8(12-14)9(15)13(3)4/h5-6H,7H2,1-4H3,(H,16,17). The predicted octanol–water partition coefficient (Wildman–Crippen LogP) is 0.696. The number of carboxylic acid groups (broad SMARTS) is 1. The van der Waals surface area contributed by atoms with Gasteiger partial charge in [-0.1, -0.05) is 0 Å². The number of carboxylic acids is 1. The van der Waals surface area contributed by atoms with Crippen LogP contribution in [0.1, 0.15) is 24.3 Å². The van der Waals surface area contributed by atoms with Gasteiger partial charge in [0.15, 0.2) is 0 Å². The smallest absolute Gasteiger partial charge is 0.310 e. The highest BCUT2D eigenvalue weighted by Crippen LogP contribution is 2.17. The van der Waals surface area contributed by atoms with E-state index in [4.69, 9.17) is 5.11 Å². The number of hydrogen-bond acceptors (Lipinski definition) is 3. The normalized spacial score (nSPS) is 11.3. The molecular weight excluding hydrogens is 222 g/mol. The van der Waals surface area contributed by atoms with Crippen molar-refractivity contribution in [1.29, 1.82) is 0 Å². The van der Waals surface area contributed by atoms with E-state index in [0.717, 1.165) is 0 Å². The lowest BCUT2D eigenvalue weighted by molar-refractivity contribution is -0.147. The van der Waals surface area contributed by atoms with Crippen molar-refractivity contribution in [3.63, 3.8) is 0 Å². The highest BCUT2D eigenvalue weighted by Gasteiger charge is 2.28. The summed E-state index contributed by atoms with van der Waals surface area (Å²) in [7, 11) is 3.28. The van der Waals surface area contributed by atoms with Gasteiger partial charge in [-0.15, -0.1) is 0 Å². The monoisotopic (exact) mass is 239 g/mol. The minimum atomic E-state index is -0.912. The molecule has 1 amide bonds. The second-order valence-electron chi connectivity index (χ2n) is 4.79. The molecule has 1 rings (SSSR count). The molecule has 0 saturated heterocycles. The highest BCUT2D eigenvalue weighted by atomic mass is 16.4. The summed E-state index contributed by atoms with van der Waals surface area (Å²) in [5, 5.41) is 13.1. The fourth-order valence-electron chi connectivity index (χ4n) is 1.27. The summed E-state index contributed by atoms with van der Waals surface area (Å²) in [5.74, 6) is -1.09. The maximum Gasteiger partial charge on any atom is 0.310 e. The summed E-state index contributed by atoms with van der Waals surface area (Å²) >= 11 is 0. The van der Waals surface area contributed by atoms with Gasteiger partial charge in [-0.05, 0) is 19.9 Å². The average Bonchev–Trinajstić information content (AvgIpc) is 2.63. The Hall–Kier alpha value is -1.85. The minimum absolute atomic E-state index is 0.197. The molecule has 1 aromatic rings. The van der Waals surface area contributed by atoms with E-state index in [9.17, 15) is 9.59 Å². The van der Waals surface area contributed by atoms with E-state index in [1.54, 1.807) is 40.2 Å². The number of hydrogen-bond donors (Lipinski definition) is 1. The Morgan fingerprint density at radius 3 is 2.53 bits per heavy atom. The van der Waals surface area contributed by atoms with Crippen molar-refractivity contribution in [2.24, 2.45) is 5.41 Å². The lowest BCUT2D eigenvalue weighted by Gasteiger charge is -2.18. The lowest BCUT2D eigenvalue weighted by atomic mass is 9.94. The number of nitrogens with zero attached hydrogens (tertiary/aromatic N) is 3. The summed E-state index contributed by atoms with van der Waals surface area (Å²) in [6, 6.07) is 1.58. The second kappa shape index (κ2) is 4.57. The van der Waals surface area contributed by atoms with Gasteiger partial charge < -0.3 is 10.0 Å². The van der Waals surface area contributed by atoms with Gasteiger partial charge in [0, 0.05) is 20.3 Å². The summed E-state index contributed by atoms with van der Waals surface area (Å²) in [5.41, 5.74) is -0.596. The highest BCUT2D eigenvalue weighted by molar-refractivity contribution is 5.91. The van der Waals surface area contributed by atoms with Crippen LogP contribution in [0.5, 0.6) is 0 Å². The van der Waals surface area contributed by atoms with E-state index in [0.29, 0.717) is 5.69 Å². The van der Waals surface area contributed by atoms with Gasteiger partial charge in [0.05, 0.1) is 12.0 Å². The van der Waals surface area contributed by atoms with Gasteiger partial charge in [0.1, 0.15) is 5.69 Å². The van der Waals surface area contributed by atoms with Crippen LogP contribution in [0, 0.1) is 5.41 Å². The van der Waals surface area contributed by atoms with Crippen molar-refractivity contribution in [2.45, 2.75) is 20.4 Å². The fourth-order valence-corrected chi connectivity index (χ4v) is 1.27. The Balaban J connectivity index is 2.83. The van der Waals surface area contributed by atoms with Crippen LogP contribution in [0.25, 0.3) is 0 Å². The summed E-state index contributed by atoms with van der Waals surface area (Å²) in [6.45, 7) is 3.46. The molecule has 0 unspecified atom stereocenters. The minimum Gasteiger partial charge on any atom is -0.481 e. The molecule has 0 aliphatic carbocycles. The van der Waals surface area contributed by atoms with E-state index >= 15 is 0 Å². The first-order chi connectivity index (χ1) is 7.74. The molecule has 6 heteroatoms. The molecule has 0 aliphatic heterocycles. The van der Waals surface area contributed by atoms with Crippen molar-refractivity contribution in [1.82, 2.24) is 14.7 Å². The molecule has 1 N–H and O–H groups in total. The molecule has 1 heterocycles. The molecule has 1 aromatic heterocycles. The first-order valence-corrected chi connectivity index (χ1v) is 5.22. The van der Waals surface area contributed by atoms with E-state index in [1.165, 1.54) is 9.58 Å². The van der Waals surface area contributed by atoms with Gasteiger partial charge in [0.25, 0.3) is 5.91 Å². The molecular formula is C11H17N3O3. The van der Waals surface area contributed by atoms with E-state index in [-0.39, 0.29) is 12.5 Å². The molecule has 0 aliphatic rings. The van der Waals surface area contributed by atoms with Crippen LogP contribution in [-0.2, 0) is 11.3 Å². The van der Waals surface area contributed by atoms with Gasteiger partial charge in [-0.25, -0.2) is 0 Å². The third-order valence-electron chi connectivity index (χ3n) is 2.40. The number of carbonyl (C=O) groups is 2. The number of aliphatic carboxylic acids is 1. The Bertz CT molecular complexity index is 435. The van der Waals surface area contributed by atoms with Crippen LogP contribution in [0.2, 0.25) is 0 Å². The molecule has 0 fully saturated rings. The Labute approximate surface area is 99.8 Å². The van der Waals surface area contributed by atoms with Crippen LogP contribution in [0.15, 0.2) is 12.3 Å². The van der Waals surface area contributed by atoms with Crippen molar-refractivity contribution < 1.29 is 14.7 Å². The van der Waals surface area contributed by atoms with Gasteiger partial charge >= 0.3 is 5.97 Å². The molecule has 0 atom stereocenters. The van der Waals surface area contributed by atoms with Crippen molar-refractivity contribution in [2.75, 3.05) is 14.1 Å². The number of rotatable bonds is 4. The average molecular weight is 239 g/mol. The number of aromatic nitrogens is 2. The lowest BCUT2D eigenvalue weighted by Crippen LogP contribution is -2.29. The first-order valence-electron chi connectivity index (χ1n) is 5.22. The van der Waals surface area contributed by atoms with E-state index in [1.807, 2.05) is 0 Å². The maximum atomic E-state index is 11.6. The van der Waals surface area contributed by atoms with Crippen LogP contribution in [-0.4, -0.2) is 45.8 Å². The third-order valence-corrected chi connectivity index (χ3v) is 2.40. The van der Waals surface area contributed by atoms with Gasteiger partial charge in [0.2, 0.25) is 0 Å². The largest absolute Gasteiger partial charge is 0.481 e. The van der Waals surface area contributed by atoms with Crippen LogP contribution >= 0.6 is 0 Å². The molecule has 6 nitrogen and oxygen atoms in total. The van der Waals surface area contributed by atoms with E-state index < -0.39 is 11.4 Å². The molecule has 17 heavy (non-hydrogen) atoms. The molecule has 0 bridgehead atoms.